The molecular formula is C11H20N4O7S. The lowest BCUT2D eigenvalue weighted by Crippen LogP contribution is -2.55. The van der Waals surface area contributed by atoms with Gasteiger partial charge in [0.2, 0.25) is 17.7 Å². The Morgan fingerprint density at radius 2 is 1.61 bits per heavy atom. The van der Waals surface area contributed by atoms with Gasteiger partial charge in [0.15, 0.2) is 0 Å². The summed E-state index contributed by atoms with van der Waals surface area (Å²) in [6, 6.07) is -3.86. The minimum atomic E-state index is -1.40. The first-order valence-corrected chi connectivity index (χ1v) is 7.08. The molecule has 0 heterocycles. The lowest BCUT2D eigenvalue weighted by Gasteiger charge is -2.19. The Morgan fingerprint density at radius 3 is 2.04 bits per heavy atom. The Morgan fingerprint density at radius 1 is 1.00 bits per heavy atom. The van der Waals surface area contributed by atoms with Gasteiger partial charge in [0.1, 0.15) is 18.1 Å². The predicted octanol–water partition coefficient (Wildman–Crippen LogP) is -4.60. The van der Waals surface area contributed by atoms with Crippen molar-refractivity contribution in [3.05, 3.63) is 0 Å². The number of hydrogen-bond acceptors (Lipinski definition) is 8. The normalized spacial score (nSPS) is 14.3. The number of aliphatic hydroxyl groups is 2. The van der Waals surface area contributed by atoms with Crippen LogP contribution in [0.5, 0.6) is 0 Å². The van der Waals surface area contributed by atoms with Crippen molar-refractivity contribution in [3.8, 4) is 0 Å². The van der Waals surface area contributed by atoms with E-state index in [1.54, 1.807) is 0 Å². The van der Waals surface area contributed by atoms with Crippen LogP contribution in [0.3, 0.4) is 0 Å². The number of hydrogen-bond donors (Lipinski definition) is 8. The number of carboxylic acid groups (broad SMARTS) is 1. The van der Waals surface area contributed by atoms with Crippen LogP contribution in [0.25, 0.3) is 0 Å². The number of amides is 3. The fourth-order valence-corrected chi connectivity index (χ4v) is 1.53. The molecule has 23 heavy (non-hydrogen) atoms. The zero-order chi connectivity index (χ0) is 18.0. The summed E-state index contributed by atoms with van der Waals surface area (Å²) in [5.41, 5.74) is 5.22. The van der Waals surface area contributed by atoms with E-state index in [1.807, 2.05) is 0 Å². The molecular weight excluding hydrogens is 332 g/mol. The number of carbonyl (C=O) groups is 4. The van der Waals surface area contributed by atoms with Gasteiger partial charge in [-0.3, -0.25) is 14.4 Å². The maximum atomic E-state index is 11.8. The largest absolute Gasteiger partial charge is 0.480 e. The smallest absolute Gasteiger partial charge is 0.327 e. The second kappa shape index (κ2) is 10.8. The van der Waals surface area contributed by atoms with E-state index in [4.69, 9.17) is 21.1 Å². The Hall–Kier alpha value is -1.89. The molecule has 0 aliphatic heterocycles. The first-order valence-electron chi connectivity index (χ1n) is 6.45. The Balaban J connectivity index is 4.46. The fourth-order valence-electron chi connectivity index (χ4n) is 1.28. The van der Waals surface area contributed by atoms with Gasteiger partial charge in [-0.2, -0.15) is 12.6 Å². The minimum Gasteiger partial charge on any atom is -0.480 e. The Labute approximate surface area is 137 Å². The molecule has 3 amide bonds. The highest BCUT2D eigenvalue weighted by Crippen LogP contribution is 1.91. The van der Waals surface area contributed by atoms with Crippen molar-refractivity contribution >= 4 is 36.3 Å². The average molecular weight is 352 g/mol. The van der Waals surface area contributed by atoms with Crippen LogP contribution in [0.2, 0.25) is 0 Å². The van der Waals surface area contributed by atoms with Gasteiger partial charge in [-0.15, -0.1) is 0 Å². The topological polar surface area (TPSA) is 191 Å². The first-order chi connectivity index (χ1) is 10.8. The van der Waals surface area contributed by atoms with E-state index in [-0.39, 0.29) is 5.75 Å². The molecule has 0 saturated carbocycles. The van der Waals surface area contributed by atoms with Gasteiger partial charge in [-0.25, -0.2) is 4.79 Å². The van der Waals surface area contributed by atoms with E-state index in [2.05, 4.69) is 28.6 Å². The molecule has 12 heteroatoms. The van der Waals surface area contributed by atoms with Crippen molar-refractivity contribution in [2.24, 2.45) is 5.73 Å². The number of rotatable bonds is 10. The van der Waals surface area contributed by atoms with Gasteiger partial charge in [0, 0.05) is 5.75 Å². The SMILES string of the molecule is NC(CO)C(=O)NCC(=O)NC(CO)C(=O)NC(CS)C(=O)O. The van der Waals surface area contributed by atoms with E-state index >= 15 is 0 Å². The predicted molar refractivity (Wildman–Crippen MR) is 80.5 cm³/mol. The number of thiol groups is 1. The van der Waals surface area contributed by atoms with Gasteiger partial charge in [-0.1, -0.05) is 0 Å². The van der Waals surface area contributed by atoms with Gasteiger partial charge in [0.25, 0.3) is 0 Å². The van der Waals surface area contributed by atoms with Crippen molar-refractivity contribution in [2.45, 2.75) is 18.1 Å². The molecule has 0 aromatic heterocycles. The van der Waals surface area contributed by atoms with Crippen LogP contribution >= 0.6 is 12.6 Å². The van der Waals surface area contributed by atoms with Crippen LogP contribution in [0.15, 0.2) is 0 Å². The zero-order valence-corrected chi connectivity index (χ0v) is 13.0. The van der Waals surface area contributed by atoms with Crippen LogP contribution in [-0.2, 0) is 19.2 Å². The molecule has 11 nitrogen and oxygen atoms in total. The average Bonchev–Trinajstić information content (AvgIpc) is 2.53. The molecule has 3 unspecified atom stereocenters. The lowest BCUT2D eigenvalue weighted by molar-refractivity contribution is -0.141. The zero-order valence-electron chi connectivity index (χ0n) is 12.1. The number of nitrogens with one attached hydrogen (secondary N) is 3. The van der Waals surface area contributed by atoms with Crippen molar-refractivity contribution < 1.29 is 34.5 Å². The van der Waals surface area contributed by atoms with E-state index in [0.29, 0.717) is 0 Å². The van der Waals surface area contributed by atoms with Crippen molar-refractivity contribution in [1.29, 1.82) is 0 Å². The molecule has 0 aliphatic carbocycles. The van der Waals surface area contributed by atoms with Crippen molar-refractivity contribution in [3.63, 3.8) is 0 Å². The van der Waals surface area contributed by atoms with Crippen molar-refractivity contribution in [2.75, 3.05) is 25.5 Å². The van der Waals surface area contributed by atoms with E-state index in [1.165, 1.54) is 0 Å². The van der Waals surface area contributed by atoms with Crippen LogP contribution in [0.4, 0.5) is 0 Å². The quantitative estimate of drug-likeness (QED) is 0.180. The molecule has 0 aromatic rings. The summed E-state index contributed by atoms with van der Waals surface area (Å²) in [4.78, 5) is 45.3. The van der Waals surface area contributed by atoms with Gasteiger partial charge in [0.05, 0.1) is 19.8 Å². The maximum absolute atomic E-state index is 11.8. The van der Waals surface area contributed by atoms with Crippen LogP contribution in [-0.4, -0.2) is 82.6 Å². The van der Waals surface area contributed by atoms with E-state index < -0.39 is 61.6 Å². The van der Waals surface area contributed by atoms with Gasteiger partial charge in [-0.05, 0) is 0 Å². The molecule has 0 bridgehead atoms. The Bertz CT molecular complexity index is 448. The fraction of sp³-hybridized carbons (Fsp3) is 0.636. The summed E-state index contributed by atoms with van der Waals surface area (Å²) < 4.78 is 0. The van der Waals surface area contributed by atoms with E-state index in [0.717, 1.165) is 0 Å². The number of aliphatic carboxylic acids is 1. The van der Waals surface area contributed by atoms with Gasteiger partial charge < -0.3 is 37.0 Å². The highest BCUT2D eigenvalue weighted by molar-refractivity contribution is 7.80. The summed E-state index contributed by atoms with van der Waals surface area (Å²) >= 11 is 3.76. The number of carboxylic acids is 1. The highest BCUT2D eigenvalue weighted by atomic mass is 32.1. The number of carbonyl (C=O) groups excluding carboxylic acids is 3. The van der Waals surface area contributed by atoms with Gasteiger partial charge >= 0.3 is 5.97 Å². The maximum Gasteiger partial charge on any atom is 0.327 e. The summed E-state index contributed by atoms with van der Waals surface area (Å²) in [6.07, 6.45) is 0. The van der Waals surface area contributed by atoms with Crippen LogP contribution < -0.4 is 21.7 Å². The summed E-state index contributed by atoms with van der Waals surface area (Å²) in [6.45, 7) is -1.92. The van der Waals surface area contributed by atoms with Crippen LogP contribution in [0, 0.1) is 0 Å². The lowest BCUT2D eigenvalue weighted by atomic mass is 10.2. The van der Waals surface area contributed by atoms with Crippen molar-refractivity contribution in [1.82, 2.24) is 16.0 Å². The molecule has 8 N–H and O–H groups in total. The second-order valence-corrected chi connectivity index (χ2v) is 4.76. The molecule has 0 radical (unpaired) electrons. The highest BCUT2D eigenvalue weighted by Gasteiger charge is 2.25. The molecule has 0 saturated heterocycles. The van der Waals surface area contributed by atoms with E-state index in [9.17, 15) is 19.2 Å². The minimum absolute atomic E-state index is 0.178. The molecule has 0 fully saturated rings. The third kappa shape index (κ3) is 7.78. The number of aliphatic hydroxyl groups excluding tert-OH is 2. The third-order valence-corrected chi connectivity index (χ3v) is 2.95. The molecule has 0 rings (SSSR count). The number of nitrogens with two attached hydrogens (primary N) is 1. The molecule has 132 valence electrons. The first kappa shape index (κ1) is 21.1. The summed E-state index contributed by atoms with van der Waals surface area (Å²) in [7, 11) is 0. The second-order valence-electron chi connectivity index (χ2n) is 4.39. The summed E-state index contributed by atoms with van der Waals surface area (Å²) in [5.74, 6) is -3.99. The Kier molecular flexibility index (Phi) is 9.89. The monoisotopic (exact) mass is 352 g/mol. The molecule has 3 atom stereocenters. The molecule has 0 spiro atoms. The molecule has 0 aliphatic rings. The molecule has 0 aromatic carbocycles. The summed E-state index contributed by atoms with van der Waals surface area (Å²) in [5, 5.41) is 32.8. The standard InChI is InChI=1S/C11H20N4O7S/c12-5(2-16)9(19)13-1-8(18)14-6(3-17)10(20)15-7(4-23)11(21)22/h5-7,16-17,23H,1-4,12H2,(H,13,19)(H,14,18)(H,15,20)(H,21,22). The third-order valence-electron chi connectivity index (χ3n) is 2.59. The van der Waals surface area contributed by atoms with Crippen LogP contribution in [0.1, 0.15) is 0 Å².